The second kappa shape index (κ2) is 10.3. The number of benzene rings is 2. The smallest absolute Gasteiger partial charge is 0.266 e. The number of halogens is 1. The van der Waals surface area contributed by atoms with Crippen molar-refractivity contribution in [2.45, 2.75) is 6.42 Å². The van der Waals surface area contributed by atoms with Crippen molar-refractivity contribution >= 4 is 46.2 Å². The van der Waals surface area contributed by atoms with Gasteiger partial charge in [-0.25, -0.2) is 4.99 Å². The molecule has 0 aromatic heterocycles. The normalized spacial score (nSPS) is 20.4. The number of amides is 1. The molecule has 5 nitrogen and oxygen atoms in total. The maximum Gasteiger partial charge on any atom is 0.266 e. The number of hydrogen-bond acceptors (Lipinski definition) is 5. The van der Waals surface area contributed by atoms with Gasteiger partial charge in [0.2, 0.25) is 0 Å². The highest BCUT2D eigenvalue weighted by Crippen LogP contribution is 2.34. The minimum Gasteiger partial charge on any atom is -0.379 e. The van der Waals surface area contributed by atoms with E-state index in [0.717, 1.165) is 55.7 Å². The monoisotopic (exact) mass is 441 g/mol. The Morgan fingerprint density at radius 2 is 1.77 bits per heavy atom. The Labute approximate surface area is 186 Å². The van der Waals surface area contributed by atoms with Crippen LogP contribution >= 0.6 is 23.4 Å². The summed E-state index contributed by atoms with van der Waals surface area (Å²) in [5.41, 5.74) is 1.79. The molecule has 0 bridgehead atoms. The first-order valence-corrected chi connectivity index (χ1v) is 11.3. The first-order chi connectivity index (χ1) is 14.7. The van der Waals surface area contributed by atoms with Gasteiger partial charge in [0.25, 0.3) is 5.91 Å². The molecule has 2 aromatic carbocycles. The summed E-state index contributed by atoms with van der Waals surface area (Å²) >= 11 is 7.41. The quantitative estimate of drug-likeness (QED) is 0.611. The molecule has 2 saturated heterocycles. The van der Waals surface area contributed by atoms with Gasteiger partial charge >= 0.3 is 0 Å². The minimum absolute atomic E-state index is 0.00612. The Morgan fingerprint density at radius 1 is 1.03 bits per heavy atom. The van der Waals surface area contributed by atoms with Crippen molar-refractivity contribution in [2.75, 3.05) is 39.4 Å². The zero-order valence-electron chi connectivity index (χ0n) is 16.7. The highest BCUT2D eigenvalue weighted by atomic mass is 35.5. The number of hydrogen-bond donors (Lipinski definition) is 0. The molecule has 0 saturated carbocycles. The van der Waals surface area contributed by atoms with Gasteiger partial charge in [-0.1, -0.05) is 41.9 Å². The first kappa shape index (κ1) is 21.1. The van der Waals surface area contributed by atoms with Crippen LogP contribution in [0, 0.1) is 0 Å². The topological polar surface area (TPSA) is 45.1 Å². The van der Waals surface area contributed by atoms with Gasteiger partial charge in [-0.05, 0) is 54.1 Å². The molecule has 0 radical (unpaired) electrons. The number of aliphatic imine (C=N–C) groups is 1. The number of amidine groups is 1. The fraction of sp³-hybridized carbons (Fsp3) is 0.304. The third kappa shape index (κ3) is 5.52. The highest BCUT2D eigenvalue weighted by molar-refractivity contribution is 8.18. The molecule has 1 amide bonds. The maximum absolute atomic E-state index is 13.2. The van der Waals surface area contributed by atoms with Crippen LogP contribution in [-0.2, 0) is 9.53 Å². The molecule has 30 heavy (non-hydrogen) atoms. The number of carbonyl (C=O) groups is 1. The number of rotatable bonds is 6. The van der Waals surface area contributed by atoms with Crippen LogP contribution < -0.4 is 0 Å². The molecule has 156 valence electrons. The van der Waals surface area contributed by atoms with Gasteiger partial charge in [0.05, 0.1) is 23.8 Å². The Kier molecular flexibility index (Phi) is 7.23. The predicted molar refractivity (Wildman–Crippen MR) is 124 cm³/mol. The highest BCUT2D eigenvalue weighted by Gasteiger charge is 2.33. The molecule has 0 unspecified atom stereocenters. The lowest BCUT2D eigenvalue weighted by Gasteiger charge is -2.27. The molecular formula is C23H24ClN3O2S. The van der Waals surface area contributed by atoms with Crippen LogP contribution in [0.4, 0.5) is 5.69 Å². The van der Waals surface area contributed by atoms with Crippen LogP contribution in [0.25, 0.3) is 6.08 Å². The molecule has 2 heterocycles. The second-order valence-corrected chi connectivity index (χ2v) is 8.60. The lowest BCUT2D eigenvalue weighted by Crippen LogP contribution is -2.38. The van der Waals surface area contributed by atoms with E-state index in [1.165, 1.54) is 11.8 Å². The summed E-state index contributed by atoms with van der Waals surface area (Å²) in [7, 11) is 0. The maximum atomic E-state index is 13.2. The van der Waals surface area contributed by atoms with Crippen molar-refractivity contribution in [3.05, 3.63) is 70.1 Å². The van der Waals surface area contributed by atoms with E-state index >= 15 is 0 Å². The van der Waals surface area contributed by atoms with Gasteiger partial charge < -0.3 is 4.74 Å². The fourth-order valence-corrected chi connectivity index (χ4v) is 4.54. The SMILES string of the molecule is O=C1/C(=C\c2ccc(Cl)cc2)SC(=Nc2ccccc2)N1CCCN1CCOCC1. The first-order valence-electron chi connectivity index (χ1n) is 10.1. The van der Waals surface area contributed by atoms with Crippen molar-refractivity contribution in [1.29, 1.82) is 0 Å². The van der Waals surface area contributed by atoms with E-state index in [0.29, 0.717) is 16.5 Å². The molecule has 0 atom stereocenters. The Balaban J connectivity index is 1.51. The van der Waals surface area contributed by atoms with E-state index in [4.69, 9.17) is 21.3 Å². The number of nitrogens with zero attached hydrogens (tertiary/aromatic N) is 3. The minimum atomic E-state index is 0.00612. The van der Waals surface area contributed by atoms with E-state index < -0.39 is 0 Å². The lowest BCUT2D eigenvalue weighted by molar-refractivity contribution is -0.122. The Bertz CT molecular complexity index is 925. The molecule has 2 aliphatic rings. The molecule has 2 aromatic rings. The Morgan fingerprint density at radius 3 is 2.50 bits per heavy atom. The van der Waals surface area contributed by atoms with Crippen LogP contribution in [0.5, 0.6) is 0 Å². The molecule has 2 fully saturated rings. The number of para-hydroxylation sites is 1. The van der Waals surface area contributed by atoms with Crippen LogP contribution in [-0.4, -0.2) is 60.3 Å². The summed E-state index contributed by atoms with van der Waals surface area (Å²) in [6, 6.07) is 17.3. The van der Waals surface area contributed by atoms with E-state index in [1.54, 1.807) is 4.90 Å². The fourth-order valence-electron chi connectivity index (χ4n) is 3.39. The van der Waals surface area contributed by atoms with Crippen molar-refractivity contribution < 1.29 is 9.53 Å². The summed E-state index contributed by atoms with van der Waals surface area (Å²) < 4.78 is 5.41. The molecule has 7 heteroatoms. The van der Waals surface area contributed by atoms with E-state index in [-0.39, 0.29) is 5.91 Å². The molecule has 2 aliphatic heterocycles. The zero-order chi connectivity index (χ0) is 20.8. The van der Waals surface area contributed by atoms with Gasteiger partial charge in [0.15, 0.2) is 5.17 Å². The molecular weight excluding hydrogens is 418 g/mol. The third-order valence-corrected chi connectivity index (χ3v) is 6.26. The average Bonchev–Trinajstić information content (AvgIpc) is 3.05. The standard InChI is InChI=1S/C23H24ClN3O2S/c24-19-9-7-18(8-10-19)17-21-22(28)27(12-4-11-26-13-15-29-16-14-26)23(30-21)25-20-5-2-1-3-6-20/h1-3,5-10,17H,4,11-16H2/b21-17+,25-23?. The summed E-state index contributed by atoms with van der Waals surface area (Å²) in [4.78, 5) is 22.8. The molecule has 0 N–H and O–H groups in total. The lowest BCUT2D eigenvalue weighted by atomic mass is 10.2. The van der Waals surface area contributed by atoms with E-state index in [9.17, 15) is 4.79 Å². The summed E-state index contributed by atoms with van der Waals surface area (Å²) in [6.07, 6.45) is 2.81. The van der Waals surface area contributed by atoms with Crippen molar-refractivity contribution in [2.24, 2.45) is 4.99 Å². The molecule has 0 spiro atoms. The van der Waals surface area contributed by atoms with Gasteiger partial charge in [-0.15, -0.1) is 0 Å². The van der Waals surface area contributed by atoms with Crippen molar-refractivity contribution in [3.63, 3.8) is 0 Å². The van der Waals surface area contributed by atoms with Crippen LogP contribution in [0.1, 0.15) is 12.0 Å². The summed E-state index contributed by atoms with van der Waals surface area (Å²) in [5, 5.41) is 1.41. The van der Waals surface area contributed by atoms with Crippen LogP contribution in [0.3, 0.4) is 0 Å². The van der Waals surface area contributed by atoms with E-state index in [2.05, 4.69) is 4.90 Å². The predicted octanol–water partition coefficient (Wildman–Crippen LogP) is 4.67. The number of carbonyl (C=O) groups excluding carboxylic acids is 1. The van der Waals surface area contributed by atoms with E-state index in [1.807, 2.05) is 60.7 Å². The second-order valence-electron chi connectivity index (χ2n) is 7.16. The number of ether oxygens (including phenoxy) is 1. The summed E-state index contributed by atoms with van der Waals surface area (Å²) in [5.74, 6) is 0.00612. The van der Waals surface area contributed by atoms with Crippen LogP contribution in [0.2, 0.25) is 5.02 Å². The van der Waals surface area contributed by atoms with Crippen LogP contribution in [0.15, 0.2) is 64.5 Å². The van der Waals surface area contributed by atoms with Gasteiger partial charge in [-0.2, -0.15) is 0 Å². The zero-order valence-corrected chi connectivity index (χ0v) is 18.2. The van der Waals surface area contributed by atoms with Gasteiger partial charge in [-0.3, -0.25) is 14.6 Å². The molecule has 4 rings (SSSR count). The summed E-state index contributed by atoms with van der Waals surface area (Å²) in [6.45, 7) is 5.07. The van der Waals surface area contributed by atoms with Gasteiger partial charge in [0.1, 0.15) is 0 Å². The number of morpholine rings is 1. The molecule has 0 aliphatic carbocycles. The van der Waals surface area contributed by atoms with Gasteiger partial charge in [0, 0.05) is 31.2 Å². The third-order valence-electron chi connectivity index (χ3n) is 5.00. The Hall–Kier alpha value is -2.12. The van der Waals surface area contributed by atoms with Crippen molar-refractivity contribution in [3.8, 4) is 0 Å². The largest absolute Gasteiger partial charge is 0.379 e. The number of thioether (sulfide) groups is 1. The average molecular weight is 442 g/mol. The van der Waals surface area contributed by atoms with Crippen molar-refractivity contribution in [1.82, 2.24) is 9.80 Å².